The molecular weight excluding hydrogens is 241 g/mol. The van der Waals surface area contributed by atoms with E-state index in [2.05, 4.69) is 12.2 Å². The summed E-state index contributed by atoms with van der Waals surface area (Å²) in [5, 5.41) is 14.3. The summed E-state index contributed by atoms with van der Waals surface area (Å²) in [7, 11) is 0. The Morgan fingerprint density at radius 3 is 2.63 bits per heavy atom. The molecular formula is C16H24FNO. The largest absolute Gasteiger partial charge is 0.385 e. The van der Waals surface area contributed by atoms with Gasteiger partial charge in [-0.05, 0) is 62.8 Å². The molecule has 0 amide bonds. The van der Waals surface area contributed by atoms with Crippen molar-refractivity contribution in [2.24, 2.45) is 0 Å². The summed E-state index contributed by atoms with van der Waals surface area (Å²) in [5.41, 5.74) is 0.695. The van der Waals surface area contributed by atoms with E-state index in [9.17, 15) is 9.50 Å². The summed E-state index contributed by atoms with van der Waals surface area (Å²) in [6, 6.07) is 5.49. The molecule has 1 aliphatic rings. The highest BCUT2D eigenvalue weighted by Crippen LogP contribution is 2.37. The first-order valence-electron chi connectivity index (χ1n) is 7.27. The Kier molecular flexibility index (Phi) is 4.58. The molecule has 0 heterocycles. The van der Waals surface area contributed by atoms with Gasteiger partial charge in [-0.2, -0.15) is 0 Å². The van der Waals surface area contributed by atoms with Crippen LogP contribution >= 0.6 is 0 Å². The number of rotatable bonds is 4. The molecule has 1 saturated carbocycles. The molecule has 1 aromatic carbocycles. The van der Waals surface area contributed by atoms with Gasteiger partial charge in [0, 0.05) is 6.04 Å². The number of halogens is 1. The predicted octanol–water partition coefficient (Wildman–Crippen LogP) is 3.26. The Morgan fingerprint density at radius 1 is 1.37 bits per heavy atom. The Hall–Kier alpha value is -0.930. The van der Waals surface area contributed by atoms with Crippen LogP contribution in [0.25, 0.3) is 0 Å². The van der Waals surface area contributed by atoms with E-state index in [-0.39, 0.29) is 5.82 Å². The SMILES string of the molecule is CCCNC1CCC(O)(c2ccc(F)c(C)c2)CC1. The van der Waals surface area contributed by atoms with Gasteiger partial charge in [0.25, 0.3) is 0 Å². The standard InChI is InChI=1S/C16H24FNO/c1-3-10-18-14-6-8-16(19,9-7-14)13-4-5-15(17)12(2)11-13/h4-5,11,14,18-19H,3,6-10H2,1-2H3. The van der Waals surface area contributed by atoms with Crippen LogP contribution in [0, 0.1) is 12.7 Å². The van der Waals surface area contributed by atoms with Gasteiger partial charge in [0.15, 0.2) is 0 Å². The van der Waals surface area contributed by atoms with E-state index in [4.69, 9.17) is 0 Å². The van der Waals surface area contributed by atoms with Crippen LogP contribution in [0.2, 0.25) is 0 Å². The lowest BCUT2D eigenvalue weighted by atomic mass is 9.77. The van der Waals surface area contributed by atoms with Crippen LogP contribution in [-0.2, 0) is 5.60 Å². The Balaban J connectivity index is 2.02. The van der Waals surface area contributed by atoms with Crippen LogP contribution < -0.4 is 5.32 Å². The Morgan fingerprint density at radius 2 is 2.05 bits per heavy atom. The first-order valence-corrected chi connectivity index (χ1v) is 7.27. The molecule has 0 bridgehead atoms. The normalized spacial score (nSPS) is 27.5. The van der Waals surface area contributed by atoms with Gasteiger partial charge in [-0.3, -0.25) is 0 Å². The molecule has 1 aromatic rings. The van der Waals surface area contributed by atoms with Crippen molar-refractivity contribution in [3.05, 3.63) is 35.1 Å². The van der Waals surface area contributed by atoms with Crippen molar-refractivity contribution in [3.8, 4) is 0 Å². The molecule has 0 aromatic heterocycles. The summed E-state index contributed by atoms with van der Waals surface area (Å²) >= 11 is 0. The fourth-order valence-electron chi connectivity index (χ4n) is 2.87. The van der Waals surface area contributed by atoms with E-state index in [1.54, 1.807) is 19.1 Å². The molecule has 19 heavy (non-hydrogen) atoms. The highest BCUT2D eigenvalue weighted by molar-refractivity contribution is 5.29. The summed E-state index contributed by atoms with van der Waals surface area (Å²) < 4.78 is 13.3. The summed E-state index contributed by atoms with van der Waals surface area (Å²) in [5.74, 6) is -0.203. The third-order valence-electron chi connectivity index (χ3n) is 4.19. The highest BCUT2D eigenvalue weighted by Gasteiger charge is 2.34. The fourth-order valence-corrected chi connectivity index (χ4v) is 2.87. The Labute approximate surface area is 115 Å². The molecule has 2 rings (SSSR count). The molecule has 3 heteroatoms. The van der Waals surface area contributed by atoms with Crippen LogP contribution in [0.5, 0.6) is 0 Å². The Bertz CT molecular complexity index is 425. The highest BCUT2D eigenvalue weighted by atomic mass is 19.1. The summed E-state index contributed by atoms with van der Waals surface area (Å²) in [6.07, 6.45) is 4.59. The molecule has 0 atom stereocenters. The van der Waals surface area contributed by atoms with E-state index in [1.807, 2.05) is 0 Å². The van der Waals surface area contributed by atoms with Crippen LogP contribution in [0.3, 0.4) is 0 Å². The molecule has 0 aliphatic heterocycles. The molecule has 1 aliphatic carbocycles. The second kappa shape index (κ2) is 6.02. The third kappa shape index (κ3) is 3.34. The predicted molar refractivity (Wildman–Crippen MR) is 75.6 cm³/mol. The maximum absolute atomic E-state index is 13.3. The molecule has 0 unspecified atom stereocenters. The first kappa shape index (κ1) is 14.5. The molecule has 2 N–H and O–H groups in total. The van der Waals surface area contributed by atoms with E-state index < -0.39 is 5.60 Å². The lowest BCUT2D eigenvalue weighted by Crippen LogP contribution is -2.40. The smallest absolute Gasteiger partial charge is 0.126 e. The number of aliphatic hydroxyl groups is 1. The molecule has 2 nitrogen and oxygen atoms in total. The second-order valence-corrected chi connectivity index (χ2v) is 5.72. The third-order valence-corrected chi connectivity index (χ3v) is 4.19. The summed E-state index contributed by atoms with van der Waals surface area (Å²) in [4.78, 5) is 0. The van der Waals surface area contributed by atoms with Crippen molar-refractivity contribution in [1.82, 2.24) is 5.32 Å². The minimum Gasteiger partial charge on any atom is -0.385 e. The van der Waals surface area contributed by atoms with E-state index in [0.29, 0.717) is 11.6 Å². The van der Waals surface area contributed by atoms with Crippen molar-refractivity contribution >= 4 is 0 Å². The summed E-state index contributed by atoms with van der Waals surface area (Å²) in [6.45, 7) is 4.95. The molecule has 0 spiro atoms. The quantitative estimate of drug-likeness (QED) is 0.875. The van der Waals surface area contributed by atoms with Gasteiger partial charge in [0.2, 0.25) is 0 Å². The topological polar surface area (TPSA) is 32.3 Å². The van der Waals surface area contributed by atoms with Gasteiger partial charge in [-0.1, -0.05) is 19.1 Å². The van der Waals surface area contributed by atoms with E-state index >= 15 is 0 Å². The lowest BCUT2D eigenvalue weighted by molar-refractivity contribution is -0.00836. The number of nitrogens with one attached hydrogen (secondary N) is 1. The average Bonchev–Trinajstić information content (AvgIpc) is 2.41. The molecule has 0 radical (unpaired) electrons. The lowest BCUT2D eigenvalue weighted by Gasteiger charge is -2.37. The van der Waals surface area contributed by atoms with Gasteiger partial charge in [0.05, 0.1) is 5.60 Å². The van der Waals surface area contributed by atoms with Crippen LogP contribution in [0.15, 0.2) is 18.2 Å². The molecule has 0 saturated heterocycles. The minimum absolute atomic E-state index is 0.203. The van der Waals surface area contributed by atoms with Gasteiger partial charge >= 0.3 is 0 Å². The monoisotopic (exact) mass is 265 g/mol. The minimum atomic E-state index is -0.775. The molecule has 106 valence electrons. The fraction of sp³-hybridized carbons (Fsp3) is 0.625. The van der Waals surface area contributed by atoms with Crippen molar-refractivity contribution in [2.75, 3.05) is 6.54 Å². The van der Waals surface area contributed by atoms with Crippen molar-refractivity contribution in [3.63, 3.8) is 0 Å². The zero-order chi connectivity index (χ0) is 13.9. The van der Waals surface area contributed by atoms with Crippen LogP contribution in [0.1, 0.15) is 50.2 Å². The number of hydrogen-bond donors (Lipinski definition) is 2. The van der Waals surface area contributed by atoms with Gasteiger partial charge in [0.1, 0.15) is 5.82 Å². The van der Waals surface area contributed by atoms with E-state index in [0.717, 1.165) is 44.2 Å². The maximum Gasteiger partial charge on any atom is 0.126 e. The number of hydrogen-bond acceptors (Lipinski definition) is 2. The van der Waals surface area contributed by atoms with Crippen molar-refractivity contribution in [2.45, 2.75) is 57.6 Å². The first-order chi connectivity index (χ1) is 9.05. The maximum atomic E-state index is 13.3. The second-order valence-electron chi connectivity index (χ2n) is 5.72. The van der Waals surface area contributed by atoms with Crippen LogP contribution in [0.4, 0.5) is 4.39 Å². The van der Waals surface area contributed by atoms with Gasteiger partial charge in [-0.25, -0.2) is 4.39 Å². The number of benzene rings is 1. The van der Waals surface area contributed by atoms with Crippen LogP contribution in [-0.4, -0.2) is 17.7 Å². The average molecular weight is 265 g/mol. The van der Waals surface area contributed by atoms with Crippen molar-refractivity contribution in [1.29, 1.82) is 0 Å². The zero-order valence-corrected chi connectivity index (χ0v) is 11.9. The van der Waals surface area contributed by atoms with Gasteiger partial charge < -0.3 is 10.4 Å². The molecule has 1 fully saturated rings. The van der Waals surface area contributed by atoms with Crippen molar-refractivity contribution < 1.29 is 9.50 Å². The van der Waals surface area contributed by atoms with Gasteiger partial charge in [-0.15, -0.1) is 0 Å². The zero-order valence-electron chi connectivity index (χ0n) is 11.9. The number of aryl methyl sites for hydroxylation is 1. The van der Waals surface area contributed by atoms with E-state index in [1.165, 1.54) is 6.07 Å².